The fourth-order valence-corrected chi connectivity index (χ4v) is 10.4. The van der Waals surface area contributed by atoms with E-state index in [-0.39, 0.29) is 133 Å². The van der Waals surface area contributed by atoms with Crippen LogP contribution in [0.4, 0.5) is 0 Å². The topological polar surface area (TPSA) is 691 Å². The second kappa shape index (κ2) is 46.5. The number of phenols is 1. The van der Waals surface area contributed by atoms with E-state index in [9.17, 15) is 77.6 Å². The fourth-order valence-electron chi connectivity index (χ4n) is 9.86. The number of carbonyl (C=O) groups is 13. The Balaban J connectivity index is 3.49. The first kappa shape index (κ1) is 90.1. The molecule has 0 saturated carbocycles. The summed E-state index contributed by atoms with van der Waals surface area (Å²) in [5.74, 6) is -14.5. The van der Waals surface area contributed by atoms with Crippen molar-refractivity contribution in [2.75, 3.05) is 50.8 Å². The van der Waals surface area contributed by atoms with Crippen molar-refractivity contribution in [2.24, 2.45) is 67.3 Å². The standard InChI is InChI=1S/C60H107N23O16S2/c1-30(57(98)99)83(60(3,4)5)56(97)40(12-9-25-72-59(69)70)78-50(91)37(17-21-62)76-53(94)43(29-101)81-48(89)35(10-6-7-20-61)73-49(90)38(18-22-63)77-55(96)45(31(2)84)82-51(92)39(19-23-64)75-47(88)36(11-8-24-71-58(67)68)74-52(93)41(27-44(66)86)79-54(95)42(28-100)80-46(87)34(65)26-32-13-15-33(85)16-14-32/h13-16,30-31,34-43,45,84-85,100-101H,6-12,17-29,61-65H2,1-5H3,(H2,66,86)(H,73,90)(H,74,93)(H,75,88)(H,76,94)(H,77,96)(H,78,91)(H,79,95)(H,80,87)(H,81,89)(H,82,92)(H,98,99)(H4,67,68,71)(H4,69,70,72)/t30-,31+,34-,35-,36-,37-,38+,39-,40-,41-,42-,43-,45-/m0/s1. The Morgan fingerprint density at radius 3 is 1.20 bits per heavy atom. The van der Waals surface area contributed by atoms with Gasteiger partial charge in [0.2, 0.25) is 70.9 Å². The molecule has 13 atom stereocenters. The molecule has 12 amide bonds. The molecule has 0 bridgehead atoms. The van der Waals surface area contributed by atoms with Gasteiger partial charge in [-0.25, -0.2) is 4.79 Å². The number of carboxylic acids is 1. The zero-order chi connectivity index (χ0) is 76.9. The number of aliphatic carboxylic acids is 1. The number of amides is 12. The molecular formula is C60H107N23O16S2. The van der Waals surface area contributed by atoms with Crippen LogP contribution in [0.3, 0.4) is 0 Å². The molecule has 0 aliphatic rings. The summed E-state index contributed by atoms with van der Waals surface area (Å²) in [7, 11) is 0. The molecule has 0 radical (unpaired) electrons. The van der Waals surface area contributed by atoms with Gasteiger partial charge in [0.15, 0.2) is 11.9 Å². The van der Waals surface area contributed by atoms with Gasteiger partial charge in [0, 0.05) is 30.1 Å². The molecule has 0 fully saturated rings. The molecular weight excluding hydrogens is 1360 g/mol. The Morgan fingerprint density at radius 1 is 0.475 bits per heavy atom. The second-order valence-corrected chi connectivity index (χ2v) is 25.3. The molecule has 33 N–H and O–H groups in total. The molecule has 570 valence electrons. The van der Waals surface area contributed by atoms with Crippen LogP contribution >= 0.6 is 25.3 Å². The van der Waals surface area contributed by atoms with Crippen LogP contribution in [0.15, 0.2) is 34.3 Å². The largest absolute Gasteiger partial charge is 0.508 e. The first-order valence-corrected chi connectivity index (χ1v) is 33.9. The minimum atomic E-state index is -1.88. The molecule has 39 nitrogen and oxygen atoms in total. The average molecular weight is 1470 g/mol. The van der Waals surface area contributed by atoms with Crippen LogP contribution in [0.25, 0.3) is 0 Å². The predicted octanol–water partition coefficient (Wildman–Crippen LogP) is -9.39. The van der Waals surface area contributed by atoms with Crippen molar-refractivity contribution in [3.8, 4) is 5.75 Å². The van der Waals surface area contributed by atoms with Crippen LogP contribution in [-0.4, -0.2) is 244 Å². The Hall–Kier alpha value is -8.87. The van der Waals surface area contributed by atoms with Crippen molar-refractivity contribution in [2.45, 2.75) is 196 Å². The number of aliphatic imine (C=N–C) groups is 2. The lowest BCUT2D eigenvalue weighted by atomic mass is 9.99. The maximum Gasteiger partial charge on any atom is 0.326 e. The number of nitrogens with one attached hydrogen (secondary N) is 10. The number of nitrogens with zero attached hydrogens (tertiary/aromatic N) is 3. The number of aliphatic hydroxyl groups is 1. The van der Waals surface area contributed by atoms with E-state index in [1.165, 1.54) is 31.2 Å². The molecule has 0 unspecified atom stereocenters. The van der Waals surface area contributed by atoms with E-state index in [0.29, 0.717) is 12.0 Å². The van der Waals surface area contributed by atoms with Crippen LogP contribution in [0, 0.1) is 0 Å². The van der Waals surface area contributed by atoms with E-state index in [0.717, 1.165) is 11.8 Å². The predicted molar refractivity (Wildman–Crippen MR) is 380 cm³/mol. The summed E-state index contributed by atoms with van der Waals surface area (Å²) in [5, 5.41) is 55.0. The molecule has 1 aromatic rings. The SMILES string of the molecule is C[C@@H](O)[C@H](NC(=O)[C@H](CCN)NC(=O)[C@H](CCCN=C(N)N)NC(=O)[C@H](CC(N)=O)NC(=O)[C@H](CS)NC(=O)[C@@H](N)Cc1ccc(O)cc1)C(=O)N[C@H](CCN)C(=O)N[C@@H](CCCCN)C(=O)N[C@@H](CS)C(=O)N[C@@H](CCN)C(=O)N[C@@H](CCCN=C(N)N)C(=O)N([C@@H](C)C(=O)O)C(C)(C)C. The number of nitrogens with two attached hydrogens (primary N) is 10. The fraction of sp³-hybridized carbons (Fsp3) is 0.650. The minimum absolute atomic E-state index is 0.00227. The number of aliphatic hydroxyl groups excluding tert-OH is 1. The molecule has 0 saturated heterocycles. The lowest BCUT2D eigenvalue weighted by molar-refractivity contribution is -0.155. The molecule has 1 aromatic carbocycles. The highest BCUT2D eigenvalue weighted by Crippen LogP contribution is 2.21. The zero-order valence-electron chi connectivity index (χ0n) is 57.6. The maximum absolute atomic E-state index is 14.2. The number of carboxylic acid groups (broad SMARTS) is 1. The molecule has 101 heavy (non-hydrogen) atoms. The Kier molecular flexibility index (Phi) is 41.5. The van der Waals surface area contributed by atoms with Crippen molar-refractivity contribution in [1.29, 1.82) is 0 Å². The van der Waals surface area contributed by atoms with Crippen molar-refractivity contribution in [3.05, 3.63) is 29.8 Å². The van der Waals surface area contributed by atoms with Gasteiger partial charge >= 0.3 is 5.97 Å². The minimum Gasteiger partial charge on any atom is -0.508 e. The Labute approximate surface area is 596 Å². The van der Waals surface area contributed by atoms with Crippen LogP contribution in [0.2, 0.25) is 0 Å². The van der Waals surface area contributed by atoms with E-state index in [1.54, 1.807) is 20.8 Å². The Bertz CT molecular complexity index is 2980. The third-order valence-corrected chi connectivity index (χ3v) is 15.9. The smallest absolute Gasteiger partial charge is 0.326 e. The number of unbranched alkanes of at least 4 members (excludes halogenated alkanes) is 1. The monoisotopic (exact) mass is 1470 g/mol. The van der Waals surface area contributed by atoms with Crippen LogP contribution in [-0.2, 0) is 68.7 Å². The highest BCUT2D eigenvalue weighted by atomic mass is 32.1. The second-order valence-electron chi connectivity index (χ2n) is 24.6. The van der Waals surface area contributed by atoms with E-state index in [2.05, 4.69) is 88.4 Å². The summed E-state index contributed by atoms with van der Waals surface area (Å²) >= 11 is 8.42. The van der Waals surface area contributed by atoms with Gasteiger partial charge in [0.05, 0.1) is 18.6 Å². The number of carbonyl (C=O) groups excluding carboxylic acids is 12. The lowest BCUT2D eigenvalue weighted by Gasteiger charge is -2.41. The number of benzene rings is 1. The summed E-state index contributed by atoms with van der Waals surface area (Å²) in [4.78, 5) is 187. The molecule has 0 aliphatic heterocycles. The van der Waals surface area contributed by atoms with E-state index < -0.39 is 167 Å². The molecule has 1 rings (SSSR count). The first-order valence-electron chi connectivity index (χ1n) is 32.6. The number of rotatable bonds is 48. The van der Waals surface area contributed by atoms with Crippen molar-refractivity contribution < 1.29 is 77.6 Å². The van der Waals surface area contributed by atoms with Crippen LogP contribution in [0.1, 0.15) is 111 Å². The van der Waals surface area contributed by atoms with Gasteiger partial charge in [-0.1, -0.05) is 12.1 Å². The van der Waals surface area contributed by atoms with Crippen molar-refractivity contribution >= 4 is 114 Å². The van der Waals surface area contributed by atoms with Crippen LogP contribution in [0.5, 0.6) is 5.75 Å². The molecule has 41 heteroatoms. The summed E-state index contributed by atoms with van der Waals surface area (Å²) < 4.78 is 0. The third-order valence-electron chi connectivity index (χ3n) is 15.1. The molecule has 0 heterocycles. The molecule has 0 aliphatic carbocycles. The number of primary amides is 1. The van der Waals surface area contributed by atoms with Gasteiger partial charge in [0.25, 0.3) is 0 Å². The maximum atomic E-state index is 14.2. The Morgan fingerprint density at radius 2 is 0.822 bits per heavy atom. The quantitative estimate of drug-likeness (QED) is 0.0125. The van der Waals surface area contributed by atoms with Crippen LogP contribution < -0.4 is 111 Å². The summed E-state index contributed by atoms with van der Waals surface area (Å²) in [6, 6.07) is -12.3. The number of hydrogen-bond acceptors (Lipinski definition) is 24. The average Bonchev–Trinajstić information content (AvgIpc) is 0.816. The molecule has 0 spiro atoms. The van der Waals surface area contributed by atoms with Gasteiger partial charge in [0.1, 0.15) is 72.2 Å². The summed E-state index contributed by atoms with van der Waals surface area (Å²) in [5.41, 5.74) is 56.3. The van der Waals surface area contributed by atoms with Gasteiger partial charge in [-0.05, 0) is 149 Å². The lowest BCUT2D eigenvalue weighted by Crippen LogP contribution is -2.62. The van der Waals surface area contributed by atoms with Crippen molar-refractivity contribution in [1.82, 2.24) is 58.1 Å². The van der Waals surface area contributed by atoms with E-state index >= 15 is 0 Å². The van der Waals surface area contributed by atoms with Gasteiger partial charge in [-0.3, -0.25) is 67.5 Å². The number of phenolic OH excluding ortho intramolecular Hbond substituents is 1. The third kappa shape index (κ3) is 33.4. The number of thiol groups is 2. The number of guanidine groups is 2. The number of aromatic hydroxyl groups is 1. The summed E-state index contributed by atoms with van der Waals surface area (Å²) in [6.07, 6.45) is -3.08. The highest BCUT2D eigenvalue weighted by molar-refractivity contribution is 7.80. The molecule has 0 aromatic heterocycles. The van der Waals surface area contributed by atoms with Gasteiger partial charge in [-0.15, -0.1) is 0 Å². The normalized spacial score (nSPS) is 15.1. The van der Waals surface area contributed by atoms with Gasteiger partial charge in [-0.2, -0.15) is 25.3 Å². The number of hydrogen-bond donors (Lipinski definition) is 25. The van der Waals surface area contributed by atoms with E-state index in [1.807, 2.05) is 0 Å². The van der Waals surface area contributed by atoms with Gasteiger partial charge < -0.3 is 131 Å². The highest BCUT2D eigenvalue weighted by Gasteiger charge is 2.41. The van der Waals surface area contributed by atoms with E-state index in [4.69, 9.17) is 57.3 Å². The zero-order valence-corrected chi connectivity index (χ0v) is 59.4. The first-order chi connectivity index (χ1) is 47.4. The van der Waals surface area contributed by atoms with Crippen molar-refractivity contribution in [3.63, 3.8) is 0 Å². The summed E-state index contributed by atoms with van der Waals surface area (Å²) in [6.45, 7) is 6.64.